The first kappa shape index (κ1) is 12.2. The summed E-state index contributed by atoms with van der Waals surface area (Å²) in [5.41, 5.74) is 6.71. The van der Waals surface area contributed by atoms with E-state index in [9.17, 15) is 0 Å². The summed E-state index contributed by atoms with van der Waals surface area (Å²) in [6.45, 7) is 9.60. The SMILES string of the molecule is CCOC(C)(C)Cn1cncc1C(C)N. The Hall–Kier alpha value is -0.870. The second-order valence-corrected chi connectivity index (χ2v) is 4.43. The number of hydrogen-bond acceptors (Lipinski definition) is 3. The van der Waals surface area contributed by atoms with Crippen molar-refractivity contribution in [3.63, 3.8) is 0 Å². The molecule has 0 saturated heterocycles. The molecule has 0 saturated carbocycles. The molecule has 1 aromatic rings. The Kier molecular flexibility index (Phi) is 3.88. The van der Waals surface area contributed by atoms with Crippen molar-refractivity contribution in [3.05, 3.63) is 18.2 Å². The van der Waals surface area contributed by atoms with Gasteiger partial charge in [0.2, 0.25) is 0 Å². The van der Waals surface area contributed by atoms with Crippen LogP contribution in [0.2, 0.25) is 0 Å². The molecule has 1 atom stereocenters. The summed E-state index contributed by atoms with van der Waals surface area (Å²) in [6.07, 6.45) is 3.62. The van der Waals surface area contributed by atoms with Gasteiger partial charge in [0.25, 0.3) is 0 Å². The maximum atomic E-state index is 5.85. The maximum absolute atomic E-state index is 5.85. The van der Waals surface area contributed by atoms with Gasteiger partial charge in [0.1, 0.15) is 0 Å². The monoisotopic (exact) mass is 211 g/mol. The van der Waals surface area contributed by atoms with Crippen molar-refractivity contribution in [2.75, 3.05) is 6.61 Å². The van der Waals surface area contributed by atoms with E-state index in [1.807, 2.05) is 20.0 Å². The van der Waals surface area contributed by atoms with Crippen molar-refractivity contribution in [2.24, 2.45) is 5.73 Å². The molecular formula is C11H21N3O. The molecule has 0 bridgehead atoms. The molecule has 2 N–H and O–H groups in total. The van der Waals surface area contributed by atoms with Gasteiger partial charge < -0.3 is 15.0 Å². The van der Waals surface area contributed by atoms with E-state index in [2.05, 4.69) is 23.4 Å². The van der Waals surface area contributed by atoms with Crippen LogP contribution in [0, 0.1) is 0 Å². The maximum Gasteiger partial charge on any atom is 0.0949 e. The molecule has 86 valence electrons. The molecule has 4 heteroatoms. The van der Waals surface area contributed by atoms with Gasteiger partial charge >= 0.3 is 0 Å². The van der Waals surface area contributed by atoms with Crippen molar-refractivity contribution < 1.29 is 4.74 Å². The summed E-state index contributed by atoms with van der Waals surface area (Å²) in [5.74, 6) is 0. The minimum atomic E-state index is -0.181. The molecule has 1 heterocycles. The molecule has 1 aromatic heterocycles. The second kappa shape index (κ2) is 4.77. The van der Waals surface area contributed by atoms with Crippen molar-refractivity contribution in [2.45, 2.75) is 45.9 Å². The molecule has 15 heavy (non-hydrogen) atoms. The zero-order chi connectivity index (χ0) is 11.5. The van der Waals surface area contributed by atoms with Crippen LogP contribution >= 0.6 is 0 Å². The van der Waals surface area contributed by atoms with Crippen molar-refractivity contribution in [1.29, 1.82) is 0 Å². The Bertz CT molecular complexity index is 305. The van der Waals surface area contributed by atoms with Crippen LogP contribution in [-0.4, -0.2) is 21.8 Å². The number of ether oxygens (including phenoxy) is 1. The molecule has 0 aliphatic rings. The van der Waals surface area contributed by atoms with Gasteiger partial charge in [0.15, 0.2) is 0 Å². The van der Waals surface area contributed by atoms with Gasteiger partial charge in [-0.1, -0.05) is 0 Å². The van der Waals surface area contributed by atoms with Gasteiger partial charge in [-0.15, -0.1) is 0 Å². The topological polar surface area (TPSA) is 53.1 Å². The van der Waals surface area contributed by atoms with Crippen LogP contribution < -0.4 is 5.73 Å². The van der Waals surface area contributed by atoms with E-state index in [0.29, 0.717) is 0 Å². The van der Waals surface area contributed by atoms with Crippen LogP contribution in [0.15, 0.2) is 12.5 Å². The summed E-state index contributed by atoms with van der Waals surface area (Å²) in [5, 5.41) is 0. The van der Waals surface area contributed by atoms with Crippen LogP contribution in [-0.2, 0) is 11.3 Å². The predicted molar refractivity (Wildman–Crippen MR) is 60.5 cm³/mol. The lowest BCUT2D eigenvalue weighted by Crippen LogP contribution is -2.31. The highest BCUT2D eigenvalue weighted by Gasteiger charge is 2.20. The fourth-order valence-corrected chi connectivity index (χ4v) is 1.69. The average molecular weight is 211 g/mol. The van der Waals surface area contributed by atoms with Gasteiger partial charge in [-0.3, -0.25) is 0 Å². The van der Waals surface area contributed by atoms with E-state index in [1.54, 1.807) is 6.33 Å². The molecule has 0 aliphatic carbocycles. The molecule has 0 amide bonds. The van der Waals surface area contributed by atoms with Crippen LogP contribution in [0.4, 0.5) is 0 Å². The zero-order valence-electron chi connectivity index (χ0n) is 10.0. The molecule has 0 aromatic carbocycles. The van der Waals surface area contributed by atoms with E-state index in [1.165, 1.54) is 0 Å². The molecular weight excluding hydrogens is 190 g/mol. The van der Waals surface area contributed by atoms with Crippen molar-refractivity contribution in [3.8, 4) is 0 Å². The van der Waals surface area contributed by atoms with Gasteiger partial charge in [-0.25, -0.2) is 4.98 Å². The lowest BCUT2D eigenvalue weighted by Gasteiger charge is -2.26. The number of nitrogens with zero attached hydrogens (tertiary/aromatic N) is 2. The minimum absolute atomic E-state index is 0.00456. The fourth-order valence-electron chi connectivity index (χ4n) is 1.69. The third-order valence-corrected chi connectivity index (χ3v) is 2.30. The lowest BCUT2D eigenvalue weighted by molar-refractivity contribution is -0.0229. The predicted octanol–water partition coefficient (Wildman–Crippen LogP) is 1.72. The van der Waals surface area contributed by atoms with Crippen molar-refractivity contribution >= 4 is 0 Å². The van der Waals surface area contributed by atoms with Gasteiger partial charge in [0, 0.05) is 18.8 Å². The first-order valence-corrected chi connectivity index (χ1v) is 5.36. The van der Waals surface area contributed by atoms with E-state index in [4.69, 9.17) is 10.5 Å². The Labute approximate surface area is 91.4 Å². The molecule has 1 unspecified atom stereocenters. The first-order valence-electron chi connectivity index (χ1n) is 5.36. The summed E-state index contributed by atoms with van der Waals surface area (Å²) in [6, 6.07) is 0.00456. The summed E-state index contributed by atoms with van der Waals surface area (Å²) >= 11 is 0. The number of imidazole rings is 1. The molecule has 0 spiro atoms. The van der Waals surface area contributed by atoms with E-state index < -0.39 is 0 Å². The summed E-state index contributed by atoms with van der Waals surface area (Å²) in [4.78, 5) is 4.12. The van der Waals surface area contributed by atoms with E-state index in [0.717, 1.165) is 18.8 Å². The average Bonchev–Trinajstić information content (AvgIpc) is 2.50. The standard InChI is InChI=1S/C11H21N3O/c1-5-15-11(3,4)7-14-8-13-6-10(14)9(2)12/h6,8-9H,5,7,12H2,1-4H3. The molecule has 0 aliphatic heterocycles. The quantitative estimate of drug-likeness (QED) is 0.806. The third kappa shape index (κ3) is 3.32. The normalized spacial score (nSPS) is 14.2. The molecule has 0 fully saturated rings. The second-order valence-electron chi connectivity index (χ2n) is 4.43. The van der Waals surface area contributed by atoms with Crippen LogP contribution in [0.3, 0.4) is 0 Å². The van der Waals surface area contributed by atoms with Crippen LogP contribution in [0.5, 0.6) is 0 Å². The fraction of sp³-hybridized carbons (Fsp3) is 0.727. The Morgan fingerprint density at radius 2 is 2.27 bits per heavy atom. The minimum Gasteiger partial charge on any atom is -0.374 e. The van der Waals surface area contributed by atoms with Gasteiger partial charge in [0.05, 0.1) is 24.2 Å². The number of aromatic nitrogens is 2. The Morgan fingerprint density at radius 3 is 2.80 bits per heavy atom. The van der Waals surface area contributed by atoms with E-state index in [-0.39, 0.29) is 11.6 Å². The van der Waals surface area contributed by atoms with Crippen LogP contribution in [0.25, 0.3) is 0 Å². The highest BCUT2D eigenvalue weighted by atomic mass is 16.5. The summed E-state index contributed by atoms with van der Waals surface area (Å²) in [7, 11) is 0. The van der Waals surface area contributed by atoms with E-state index >= 15 is 0 Å². The molecule has 0 radical (unpaired) electrons. The molecule has 1 rings (SSSR count). The van der Waals surface area contributed by atoms with Gasteiger partial charge in [-0.05, 0) is 27.7 Å². The van der Waals surface area contributed by atoms with Crippen molar-refractivity contribution in [1.82, 2.24) is 9.55 Å². The highest BCUT2D eigenvalue weighted by molar-refractivity contribution is 5.03. The number of rotatable bonds is 5. The largest absolute Gasteiger partial charge is 0.374 e. The lowest BCUT2D eigenvalue weighted by atomic mass is 10.1. The Morgan fingerprint density at radius 1 is 1.60 bits per heavy atom. The highest BCUT2D eigenvalue weighted by Crippen LogP contribution is 2.16. The Balaban J connectivity index is 2.75. The third-order valence-electron chi connectivity index (χ3n) is 2.30. The zero-order valence-corrected chi connectivity index (χ0v) is 10.0. The number of nitrogens with two attached hydrogens (primary N) is 1. The summed E-state index contributed by atoms with van der Waals surface area (Å²) < 4.78 is 7.70. The van der Waals surface area contributed by atoms with Gasteiger partial charge in [-0.2, -0.15) is 0 Å². The van der Waals surface area contributed by atoms with Crippen LogP contribution in [0.1, 0.15) is 39.4 Å². The molecule has 4 nitrogen and oxygen atoms in total. The number of hydrogen-bond donors (Lipinski definition) is 1. The first-order chi connectivity index (χ1) is 6.96. The smallest absolute Gasteiger partial charge is 0.0949 e.